The molecule has 1 aliphatic rings. The van der Waals surface area contributed by atoms with Gasteiger partial charge in [-0.1, -0.05) is 76.7 Å². The monoisotopic (exact) mass is 744 g/mol. The lowest BCUT2D eigenvalue weighted by Gasteiger charge is -2.19. The van der Waals surface area contributed by atoms with Gasteiger partial charge in [0.1, 0.15) is 43.5 Å². The SMILES string of the molecule is C=CCOc1c(C/C=C(\C)CCC(=O)OCC(C)CCCCCCCC(C)CC(=O)OC(COC(C)=O)COC(C)=O)c(OC)c(C)c2c1C(=O)OC2. The van der Waals surface area contributed by atoms with Gasteiger partial charge in [0.25, 0.3) is 0 Å². The highest BCUT2D eigenvalue weighted by Crippen LogP contribution is 2.43. The molecular formula is C41H60O12. The second kappa shape index (κ2) is 24.1. The first-order chi connectivity index (χ1) is 25.3. The average molecular weight is 745 g/mol. The first kappa shape index (κ1) is 44.8. The average Bonchev–Trinajstić information content (AvgIpc) is 3.50. The Balaban J connectivity index is 1.65. The van der Waals surface area contributed by atoms with Crippen molar-refractivity contribution in [2.75, 3.05) is 33.5 Å². The number of carbonyl (C=O) groups excluding carboxylic acids is 5. The van der Waals surface area contributed by atoms with Crippen molar-refractivity contribution >= 4 is 29.8 Å². The molecule has 0 amide bonds. The van der Waals surface area contributed by atoms with Crippen LogP contribution in [-0.4, -0.2) is 69.5 Å². The zero-order valence-corrected chi connectivity index (χ0v) is 32.8. The van der Waals surface area contributed by atoms with Gasteiger partial charge in [-0.15, -0.1) is 0 Å². The predicted molar refractivity (Wildman–Crippen MR) is 199 cm³/mol. The molecule has 53 heavy (non-hydrogen) atoms. The van der Waals surface area contributed by atoms with E-state index in [4.69, 9.17) is 33.2 Å². The van der Waals surface area contributed by atoms with Crippen LogP contribution >= 0.6 is 0 Å². The zero-order chi connectivity index (χ0) is 39.3. The highest BCUT2D eigenvalue weighted by molar-refractivity contribution is 5.98. The number of hydrogen-bond donors (Lipinski definition) is 0. The Labute approximate surface area is 314 Å². The Morgan fingerprint density at radius 1 is 0.830 bits per heavy atom. The van der Waals surface area contributed by atoms with Crippen molar-refractivity contribution in [3.05, 3.63) is 46.6 Å². The van der Waals surface area contributed by atoms with E-state index in [2.05, 4.69) is 13.5 Å². The molecule has 2 atom stereocenters. The quantitative estimate of drug-likeness (QED) is 0.0400. The Kier molecular flexibility index (Phi) is 20.3. The molecule has 12 nitrogen and oxygen atoms in total. The fourth-order valence-corrected chi connectivity index (χ4v) is 6.05. The van der Waals surface area contributed by atoms with Crippen molar-refractivity contribution in [3.8, 4) is 11.5 Å². The molecule has 296 valence electrons. The fourth-order valence-electron chi connectivity index (χ4n) is 6.05. The van der Waals surface area contributed by atoms with Crippen LogP contribution in [0.5, 0.6) is 11.5 Å². The van der Waals surface area contributed by atoms with Crippen molar-refractivity contribution in [2.45, 2.75) is 125 Å². The summed E-state index contributed by atoms with van der Waals surface area (Å²) in [6, 6.07) is 0. The summed E-state index contributed by atoms with van der Waals surface area (Å²) in [6.45, 7) is 14.7. The third-order valence-corrected chi connectivity index (χ3v) is 9.03. The maximum Gasteiger partial charge on any atom is 0.342 e. The van der Waals surface area contributed by atoms with Gasteiger partial charge in [-0.25, -0.2) is 4.79 Å². The van der Waals surface area contributed by atoms with Crippen LogP contribution in [0, 0.1) is 18.8 Å². The summed E-state index contributed by atoms with van der Waals surface area (Å²) in [5.41, 5.74) is 3.85. The van der Waals surface area contributed by atoms with E-state index in [0.29, 0.717) is 36.5 Å². The first-order valence-electron chi connectivity index (χ1n) is 18.7. The summed E-state index contributed by atoms with van der Waals surface area (Å²) in [6.07, 6.45) is 11.5. The minimum absolute atomic E-state index is 0.133. The van der Waals surface area contributed by atoms with Crippen molar-refractivity contribution in [3.63, 3.8) is 0 Å². The largest absolute Gasteiger partial charge is 0.496 e. The Morgan fingerprint density at radius 2 is 1.45 bits per heavy atom. The van der Waals surface area contributed by atoms with E-state index in [1.165, 1.54) is 13.8 Å². The van der Waals surface area contributed by atoms with Crippen LogP contribution in [0.4, 0.5) is 0 Å². The van der Waals surface area contributed by atoms with Crippen molar-refractivity contribution in [1.82, 2.24) is 0 Å². The molecule has 1 aromatic rings. The Bertz CT molecular complexity index is 1410. The predicted octanol–water partition coefficient (Wildman–Crippen LogP) is 7.48. The summed E-state index contributed by atoms with van der Waals surface area (Å²) in [7, 11) is 1.60. The Hall–Kier alpha value is -4.35. The molecule has 0 saturated heterocycles. The minimum Gasteiger partial charge on any atom is -0.496 e. The molecule has 0 N–H and O–H groups in total. The highest BCUT2D eigenvalue weighted by Gasteiger charge is 2.33. The van der Waals surface area contributed by atoms with Gasteiger partial charge in [0, 0.05) is 37.8 Å². The van der Waals surface area contributed by atoms with Crippen molar-refractivity contribution in [1.29, 1.82) is 0 Å². The molecule has 0 saturated carbocycles. The van der Waals surface area contributed by atoms with Crippen LogP contribution in [0.3, 0.4) is 0 Å². The third-order valence-electron chi connectivity index (χ3n) is 9.03. The summed E-state index contributed by atoms with van der Waals surface area (Å²) in [5, 5.41) is 0. The van der Waals surface area contributed by atoms with E-state index < -0.39 is 30.0 Å². The number of carbonyl (C=O) groups is 5. The second-order valence-corrected chi connectivity index (χ2v) is 13.9. The van der Waals surface area contributed by atoms with E-state index in [9.17, 15) is 24.0 Å². The number of fused-ring (bicyclic) bond motifs is 1. The van der Waals surface area contributed by atoms with Gasteiger partial charge in [0.15, 0.2) is 6.10 Å². The van der Waals surface area contributed by atoms with E-state index in [-0.39, 0.29) is 57.1 Å². The molecule has 0 aromatic heterocycles. The molecule has 0 aliphatic carbocycles. The molecule has 0 spiro atoms. The van der Waals surface area contributed by atoms with Gasteiger partial charge in [0.05, 0.1) is 13.7 Å². The van der Waals surface area contributed by atoms with Gasteiger partial charge in [0.2, 0.25) is 0 Å². The molecule has 0 radical (unpaired) electrons. The molecule has 1 heterocycles. The number of benzene rings is 1. The Morgan fingerprint density at radius 3 is 2.06 bits per heavy atom. The van der Waals surface area contributed by atoms with Crippen LogP contribution in [0.1, 0.15) is 126 Å². The van der Waals surface area contributed by atoms with Crippen LogP contribution in [0.2, 0.25) is 0 Å². The number of methoxy groups -OCH3 is 1. The van der Waals surface area contributed by atoms with Gasteiger partial charge in [-0.3, -0.25) is 19.2 Å². The molecule has 1 aliphatic heterocycles. The summed E-state index contributed by atoms with van der Waals surface area (Å²) in [4.78, 5) is 59.7. The van der Waals surface area contributed by atoms with E-state index in [1.54, 1.807) is 13.2 Å². The smallest absolute Gasteiger partial charge is 0.342 e. The fraction of sp³-hybridized carbons (Fsp3) is 0.634. The number of esters is 5. The van der Waals surface area contributed by atoms with E-state index in [1.807, 2.05) is 26.8 Å². The number of allylic oxidation sites excluding steroid dienone is 2. The van der Waals surface area contributed by atoms with Crippen LogP contribution in [0.25, 0.3) is 0 Å². The highest BCUT2D eigenvalue weighted by atomic mass is 16.6. The van der Waals surface area contributed by atoms with Crippen LogP contribution in [-0.2, 0) is 55.9 Å². The topological polar surface area (TPSA) is 150 Å². The maximum absolute atomic E-state index is 12.5. The van der Waals surface area contributed by atoms with Crippen LogP contribution in [0.15, 0.2) is 24.3 Å². The number of ether oxygens (including phenoxy) is 7. The maximum atomic E-state index is 12.5. The third kappa shape index (κ3) is 16.5. The standard InChI is InChI=1S/C41H60O12/c1-9-21-48-40-34(39(47-8)30(5)35-26-52-41(46)38(35)40)19-17-27(2)18-20-36(44)51-23-29(4)16-14-12-10-11-13-15-28(3)22-37(45)53-33(24-49-31(6)42)25-50-32(7)43/h9,17,28-29,33H,1,10-16,18-26H2,2-8H3/b27-17+. The normalized spacial score (nSPS) is 13.4. The lowest BCUT2D eigenvalue weighted by molar-refractivity contribution is -0.166. The zero-order valence-electron chi connectivity index (χ0n) is 32.8. The molecule has 12 heteroatoms. The van der Waals surface area contributed by atoms with Crippen LogP contribution < -0.4 is 9.47 Å². The van der Waals surface area contributed by atoms with Crippen molar-refractivity contribution < 1.29 is 57.1 Å². The van der Waals surface area contributed by atoms with Crippen molar-refractivity contribution in [2.24, 2.45) is 11.8 Å². The molecule has 0 fully saturated rings. The number of rotatable bonds is 26. The molecular weight excluding hydrogens is 684 g/mol. The van der Waals surface area contributed by atoms with E-state index >= 15 is 0 Å². The van der Waals surface area contributed by atoms with E-state index in [0.717, 1.165) is 67.2 Å². The number of unbranched alkanes of at least 4 members (excludes halogenated alkanes) is 4. The summed E-state index contributed by atoms with van der Waals surface area (Å²) >= 11 is 0. The number of cyclic esters (lactones) is 1. The lowest BCUT2D eigenvalue weighted by atomic mass is 9.94. The number of hydrogen-bond acceptors (Lipinski definition) is 12. The lowest BCUT2D eigenvalue weighted by Crippen LogP contribution is -2.30. The van der Waals surface area contributed by atoms with Gasteiger partial charge in [-0.2, -0.15) is 0 Å². The molecule has 0 bridgehead atoms. The van der Waals surface area contributed by atoms with Gasteiger partial charge in [-0.05, 0) is 50.5 Å². The second-order valence-electron chi connectivity index (χ2n) is 13.9. The first-order valence-corrected chi connectivity index (χ1v) is 18.7. The summed E-state index contributed by atoms with van der Waals surface area (Å²) < 4.78 is 37.8. The summed E-state index contributed by atoms with van der Waals surface area (Å²) in [5.74, 6) is -0.541. The molecule has 1 aromatic carbocycles. The molecule has 2 unspecified atom stereocenters. The molecule has 2 rings (SSSR count). The van der Waals surface area contributed by atoms with Gasteiger partial charge < -0.3 is 33.2 Å². The minimum atomic E-state index is -0.828. The van der Waals surface area contributed by atoms with Gasteiger partial charge >= 0.3 is 29.8 Å².